The van der Waals surface area contributed by atoms with Crippen LogP contribution >= 0.6 is 12.2 Å². The summed E-state index contributed by atoms with van der Waals surface area (Å²) in [7, 11) is 0. The van der Waals surface area contributed by atoms with Crippen LogP contribution in [0.25, 0.3) is 0 Å². The highest BCUT2D eigenvalue weighted by Gasteiger charge is 2.09. The number of nitrogens with zero attached hydrogens (tertiary/aromatic N) is 1. The third-order valence-corrected chi connectivity index (χ3v) is 2.92. The monoisotopic (exact) mass is 261 g/mol. The van der Waals surface area contributed by atoms with E-state index in [1.807, 2.05) is 18.2 Å². The summed E-state index contributed by atoms with van der Waals surface area (Å²) >= 11 is 5.00. The van der Waals surface area contributed by atoms with Gasteiger partial charge in [0, 0.05) is 29.6 Å². The van der Waals surface area contributed by atoms with E-state index in [2.05, 4.69) is 21.9 Å². The minimum absolute atomic E-state index is 0.118. The van der Waals surface area contributed by atoms with Crippen molar-refractivity contribution in [2.24, 2.45) is 0 Å². The first-order valence-electron chi connectivity index (χ1n) is 5.95. The number of H-pyrrole nitrogens is 2. The molecule has 0 radical (unpaired) electrons. The molecule has 0 saturated heterocycles. The number of hydrogen-bond donors (Lipinski definition) is 2. The summed E-state index contributed by atoms with van der Waals surface area (Å²) in [6.07, 6.45) is 4.03. The van der Waals surface area contributed by atoms with Crippen LogP contribution < -0.4 is 5.56 Å². The first-order valence-corrected chi connectivity index (χ1v) is 6.35. The van der Waals surface area contributed by atoms with Crippen LogP contribution in [0.5, 0.6) is 0 Å². The Labute approximate surface area is 110 Å². The zero-order chi connectivity index (χ0) is 13.0. The average Bonchev–Trinajstić information content (AvgIpc) is 2.35. The van der Waals surface area contributed by atoms with Crippen molar-refractivity contribution in [1.82, 2.24) is 15.0 Å². The van der Waals surface area contributed by atoms with E-state index in [-0.39, 0.29) is 5.56 Å². The predicted molar refractivity (Wildman–Crippen MR) is 73.3 cm³/mol. The highest BCUT2D eigenvalue weighted by Crippen LogP contribution is 2.08. The fourth-order valence-electron chi connectivity index (χ4n) is 1.89. The molecule has 2 aromatic heterocycles. The second kappa shape index (κ2) is 5.73. The lowest BCUT2D eigenvalue weighted by Crippen LogP contribution is -2.18. The molecule has 0 fully saturated rings. The predicted octanol–water partition coefficient (Wildman–Crippen LogP) is 2.37. The van der Waals surface area contributed by atoms with Crippen LogP contribution in [-0.4, -0.2) is 15.0 Å². The van der Waals surface area contributed by atoms with Crippen molar-refractivity contribution >= 4 is 12.2 Å². The van der Waals surface area contributed by atoms with Crippen LogP contribution in [0.4, 0.5) is 0 Å². The maximum atomic E-state index is 12.0. The molecule has 2 heterocycles. The Morgan fingerprint density at radius 3 is 2.83 bits per heavy atom. The Morgan fingerprint density at radius 2 is 2.17 bits per heavy atom. The van der Waals surface area contributed by atoms with Gasteiger partial charge in [-0.2, -0.15) is 0 Å². The summed E-state index contributed by atoms with van der Waals surface area (Å²) in [6.45, 7) is 2.07. The Morgan fingerprint density at radius 1 is 1.33 bits per heavy atom. The highest BCUT2D eigenvalue weighted by molar-refractivity contribution is 7.71. The first kappa shape index (κ1) is 12.7. The molecule has 18 heavy (non-hydrogen) atoms. The number of rotatable bonds is 4. The molecule has 4 nitrogen and oxygen atoms in total. The van der Waals surface area contributed by atoms with Crippen molar-refractivity contribution in [1.29, 1.82) is 0 Å². The van der Waals surface area contributed by atoms with Crippen LogP contribution in [0, 0.1) is 4.77 Å². The summed E-state index contributed by atoms with van der Waals surface area (Å²) in [5.74, 6) is 0. The van der Waals surface area contributed by atoms with Gasteiger partial charge in [-0.05, 0) is 30.8 Å². The molecule has 2 N–H and O–H groups in total. The van der Waals surface area contributed by atoms with E-state index in [4.69, 9.17) is 12.2 Å². The molecule has 0 amide bonds. The fraction of sp³-hybridized carbons (Fsp3) is 0.308. The maximum absolute atomic E-state index is 12.0. The SMILES string of the molecule is CCCc1[nH]c(=S)[nH]c(=O)c1Cc1ccccn1. The number of aromatic amines is 2. The Hall–Kier alpha value is -1.75. The second-order valence-corrected chi connectivity index (χ2v) is 4.52. The van der Waals surface area contributed by atoms with Gasteiger partial charge in [0.25, 0.3) is 5.56 Å². The van der Waals surface area contributed by atoms with Gasteiger partial charge >= 0.3 is 0 Å². The highest BCUT2D eigenvalue weighted by atomic mass is 32.1. The van der Waals surface area contributed by atoms with Crippen LogP contribution in [0.3, 0.4) is 0 Å². The van der Waals surface area contributed by atoms with Crippen molar-refractivity contribution in [3.05, 3.63) is 56.5 Å². The van der Waals surface area contributed by atoms with Gasteiger partial charge in [-0.25, -0.2) is 0 Å². The van der Waals surface area contributed by atoms with Gasteiger partial charge in [0.05, 0.1) is 0 Å². The lowest BCUT2D eigenvalue weighted by molar-refractivity contribution is 0.828. The van der Waals surface area contributed by atoms with Crippen LogP contribution in [0.1, 0.15) is 30.3 Å². The third kappa shape index (κ3) is 2.92. The van der Waals surface area contributed by atoms with E-state index >= 15 is 0 Å². The molecular weight excluding hydrogens is 246 g/mol. The van der Waals surface area contributed by atoms with E-state index in [0.717, 1.165) is 29.8 Å². The second-order valence-electron chi connectivity index (χ2n) is 4.11. The molecule has 0 aliphatic heterocycles. The molecule has 0 aromatic carbocycles. The smallest absolute Gasteiger partial charge is 0.255 e. The molecule has 0 unspecified atom stereocenters. The van der Waals surface area contributed by atoms with Crippen LogP contribution in [0.15, 0.2) is 29.2 Å². The molecule has 2 rings (SSSR count). The van der Waals surface area contributed by atoms with E-state index in [1.165, 1.54) is 0 Å². The summed E-state index contributed by atoms with van der Waals surface area (Å²) in [4.78, 5) is 21.9. The lowest BCUT2D eigenvalue weighted by Gasteiger charge is -2.07. The standard InChI is InChI=1S/C13H15N3OS/c1-2-5-11-10(12(17)16-13(18)15-11)8-9-6-3-4-7-14-9/h3-4,6-7H,2,5,8H2,1H3,(H2,15,16,17,18). The van der Waals surface area contributed by atoms with E-state index in [9.17, 15) is 4.79 Å². The van der Waals surface area contributed by atoms with Crippen molar-refractivity contribution < 1.29 is 0 Å². The number of aryl methyl sites for hydroxylation is 1. The maximum Gasteiger partial charge on any atom is 0.255 e. The van der Waals surface area contributed by atoms with Crippen LogP contribution in [0.2, 0.25) is 0 Å². The van der Waals surface area contributed by atoms with Gasteiger partial charge in [-0.3, -0.25) is 14.8 Å². The summed E-state index contributed by atoms with van der Waals surface area (Å²) in [6, 6.07) is 5.69. The average molecular weight is 261 g/mol. The van der Waals surface area contributed by atoms with Crippen molar-refractivity contribution in [3.63, 3.8) is 0 Å². The van der Waals surface area contributed by atoms with E-state index in [1.54, 1.807) is 6.20 Å². The fourth-order valence-corrected chi connectivity index (χ4v) is 2.11. The van der Waals surface area contributed by atoms with Crippen molar-refractivity contribution in [2.45, 2.75) is 26.2 Å². The van der Waals surface area contributed by atoms with Gasteiger partial charge in [-0.15, -0.1) is 0 Å². The Balaban J connectivity index is 2.43. The number of nitrogens with one attached hydrogen (secondary N) is 2. The lowest BCUT2D eigenvalue weighted by atomic mass is 10.1. The molecule has 0 saturated carbocycles. The van der Waals surface area contributed by atoms with Gasteiger partial charge in [0.2, 0.25) is 0 Å². The summed E-state index contributed by atoms with van der Waals surface area (Å²) < 4.78 is 0.383. The first-order chi connectivity index (χ1) is 8.70. The molecule has 2 aromatic rings. The zero-order valence-electron chi connectivity index (χ0n) is 10.2. The minimum Gasteiger partial charge on any atom is -0.336 e. The van der Waals surface area contributed by atoms with Gasteiger partial charge < -0.3 is 4.98 Å². The Bertz CT molecular complexity index is 631. The molecule has 94 valence electrons. The summed E-state index contributed by atoms with van der Waals surface area (Å²) in [5.41, 5.74) is 2.40. The van der Waals surface area contributed by atoms with Crippen molar-refractivity contribution in [3.8, 4) is 0 Å². The van der Waals surface area contributed by atoms with Gasteiger partial charge in [0.15, 0.2) is 4.77 Å². The zero-order valence-corrected chi connectivity index (χ0v) is 11.0. The normalized spacial score (nSPS) is 10.5. The molecule has 5 heteroatoms. The molecule has 0 aliphatic carbocycles. The largest absolute Gasteiger partial charge is 0.336 e. The topological polar surface area (TPSA) is 61.5 Å². The third-order valence-electron chi connectivity index (χ3n) is 2.71. The van der Waals surface area contributed by atoms with Crippen LogP contribution in [-0.2, 0) is 12.8 Å². The quantitative estimate of drug-likeness (QED) is 0.831. The number of aromatic nitrogens is 3. The summed E-state index contributed by atoms with van der Waals surface area (Å²) in [5, 5.41) is 0. The molecule has 0 atom stereocenters. The van der Waals surface area contributed by atoms with E-state index in [0.29, 0.717) is 11.2 Å². The molecule has 0 spiro atoms. The molecule has 0 bridgehead atoms. The number of pyridine rings is 1. The molecule has 0 aliphatic rings. The number of hydrogen-bond acceptors (Lipinski definition) is 3. The minimum atomic E-state index is -0.118. The van der Waals surface area contributed by atoms with Crippen molar-refractivity contribution in [2.75, 3.05) is 0 Å². The van der Waals surface area contributed by atoms with Gasteiger partial charge in [0.1, 0.15) is 0 Å². The molecular formula is C13H15N3OS. The van der Waals surface area contributed by atoms with Gasteiger partial charge in [-0.1, -0.05) is 19.4 Å². The Kier molecular flexibility index (Phi) is 4.04. The van der Waals surface area contributed by atoms with E-state index < -0.39 is 0 Å².